The third-order valence-corrected chi connectivity index (χ3v) is 4.94. The van der Waals surface area contributed by atoms with Crippen molar-refractivity contribution in [1.29, 1.82) is 0 Å². The Balaban J connectivity index is 1.67. The van der Waals surface area contributed by atoms with Crippen molar-refractivity contribution < 1.29 is 19.4 Å². The van der Waals surface area contributed by atoms with Gasteiger partial charge in [0.1, 0.15) is 5.75 Å². The molecular weight excluding hydrogens is 356 g/mol. The van der Waals surface area contributed by atoms with E-state index in [1.54, 1.807) is 6.20 Å². The molecule has 3 rings (SSSR count). The molecule has 1 atom stereocenters. The maximum Gasteiger partial charge on any atom is 0.258 e. The number of amides is 1. The highest BCUT2D eigenvalue weighted by Crippen LogP contribution is 2.25. The van der Waals surface area contributed by atoms with Gasteiger partial charge in [0.25, 0.3) is 5.91 Å². The number of aromatic amines is 1. The van der Waals surface area contributed by atoms with Gasteiger partial charge in [-0.2, -0.15) is 0 Å². The number of rotatable bonds is 7. The molecule has 0 fully saturated rings. The molecular formula is C22H23N2O4-. The van der Waals surface area contributed by atoms with Crippen LogP contribution in [0.4, 0.5) is 0 Å². The first-order valence-corrected chi connectivity index (χ1v) is 9.11. The Morgan fingerprint density at radius 1 is 1.11 bits per heavy atom. The van der Waals surface area contributed by atoms with Crippen molar-refractivity contribution >= 4 is 22.8 Å². The number of hydrogen-bond donors (Lipinski definition) is 2. The molecule has 1 heterocycles. The average Bonchev–Trinajstić information content (AvgIpc) is 3.07. The lowest BCUT2D eigenvalue weighted by molar-refractivity contribution is -0.308. The van der Waals surface area contributed by atoms with Gasteiger partial charge in [0, 0.05) is 23.5 Å². The first-order chi connectivity index (χ1) is 13.4. The number of hydrogen-bond acceptors (Lipinski definition) is 4. The van der Waals surface area contributed by atoms with Crippen molar-refractivity contribution in [1.82, 2.24) is 10.3 Å². The number of aromatic nitrogens is 1. The van der Waals surface area contributed by atoms with Crippen LogP contribution in [0.1, 0.15) is 22.3 Å². The summed E-state index contributed by atoms with van der Waals surface area (Å²) in [5, 5.41) is 15.0. The van der Waals surface area contributed by atoms with E-state index >= 15 is 0 Å². The number of aryl methyl sites for hydroxylation is 2. The average molecular weight is 379 g/mol. The van der Waals surface area contributed by atoms with Gasteiger partial charge in [-0.15, -0.1) is 0 Å². The second-order valence-corrected chi connectivity index (χ2v) is 6.94. The van der Waals surface area contributed by atoms with Gasteiger partial charge in [-0.3, -0.25) is 4.79 Å². The van der Waals surface area contributed by atoms with Gasteiger partial charge in [-0.1, -0.05) is 30.3 Å². The SMILES string of the molecule is Cc1ccc(C)c(OCC(=O)NC(Cc2c[nH]c3ccccc23)C(=O)[O-])c1C. The van der Waals surface area contributed by atoms with Gasteiger partial charge >= 0.3 is 0 Å². The monoisotopic (exact) mass is 379 g/mol. The van der Waals surface area contributed by atoms with Crippen molar-refractivity contribution in [2.24, 2.45) is 0 Å². The first kappa shape index (κ1) is 19.5. The van der Waals surface area contributed by atoms with E-state index in [0.717, 1.165) is 33.2 Å². The number of fused-ring (bicyclic) bond motifs is 1. The summed E-state index contributed by atoms with van der Waals surface area (Å²) in [4.78, 5) is 26.9. The van der Waals surface area contributed by atoms with E-state index in [-0.39, 0.29) is 13.0 Å². The zero-order valence-electron chi connectivity index (χ0n) is 16.2. The largest absolute Gasteiger partial charge is 0.548 e. The van der Waals surface area contributed by atoms with E-state index in [1.807, 2.05) is 57.2 Å². The Morgan fingerprint density at radius 3 is 2.57 bits per heavy atom. The number of para-hydroxylation sites is 1. The van der Waals surface area contributed by atoms with Gasteiger partial charge < -0.3 is 24.9 Å². The Morgan fingerprint density at radius 2 is 1.82 bits per heavy atom. The van der Waals surface area contributed by atoms with Crippen LogP contribution in [0.2, 0.25) is 0 Å². The smallest absolute Gasteiger partial charge is 0.258 e. The van der Waals surface area contributed by atoms with Gasteiger partial charge in [-0.05, 0) is 49.1 Å². The van der Waals surface area contributed by atoms with Crippen LogP contribution in [0, 0.1) is 20.8 Å². The highest BCUT2D eigenvalue weighted by molar-refractivity contribution is 5.86. The molecule has 0 aliphatic heterocycles. The maximum absolute atomic E-state index is 12.3. The van der Waals surface area contributed by atoms with Crippen LogP contribution < -0.4 is 15.2 Å². The number of carbonyl (C=O) groups excluding carboxylic acids is 2. The quantitative estimate of drug-likeness (QED) is 0.656. The molecule has 146 valence electrons. The lowest BCUT2D eigenvalue weighted by atomic mass is 10.0. The summed E-state index contributed by atoms with van der Waals surface area (Å²) in [5.74, 6) is -1.19. The summed E-state index contributed by atoms with van der Waals surface area (Å²) in [7, 11) is 0. The topological polar surface area (TPSA) is 94.2 Å². The van der Waals surface area contributed by atoms with Gasteiger partial charge in [-0.25, -0.2) is 0 Å². The zero-order valence-corrected chi connectivity index (χ0v) is 16.2. The highest BCUT2D eigenvalue weighted by Gasteiger charge is 2.17. The van der Waals surface area contributed by atoms with Gasteiger partial charge in [0.2, 0.25) is 0 Å². The fourth-order valence-corrected chi connectivity index (χ4v) is 3.24. The Labute approximate surface area is 163 Å². The molecule has 0 aliphatic carbocycles. The molecule has 2 aromatic carbocycles. The molecule has 0 radical (unpaired) electrons. The lowest BCUT2D eigenvalue weighted by Crippen LogP contribution is -2.50. The van der Waals surface area contributed by atoms with Crippen molar-refractivity contribution in [3.05, 3.63) is 64.8 Å². The lowest BCUT2D eigenvalue weighted by Gasteiger charge is -2.20. The van der Waals surface area contributed by atoms with Crippen LogP contribution in [0.5, 0.6) is 5.75 Å². The summed E-state index contributed by atoms with van der Waals surface area (Å²) in [5.41, 5.74) is 4.66. The van der Waals surface area contributed by atoms with E-state index in [9.17, 15) is 14.7 Å². The third kappa shape index (κ3) is 4.17. The van der Waals surface area contributed by atoms with E-state index in [0.29, 0.717) is 5.75 Å². The maximum atomic E-state index is 12.3. The summed E-state index contributed by atoms with van der Waals surface area (Å²) < 4.78 is 5.66. The molecule has 3 aromatic rings. The first-order valence-electron chi connectivity index (χ1n) is 9.11. The predicted octanol–water partition coefficient (Wildman–Crippen LogP) is 1.95. The number of benzene rings is 2. The normalized spacial score (nSPS) is 12.0. The molecule has 1 aromatic heterocycles. The number of carboxylic acid groups (broad SMARTS) is 1. The predicted molar refractivity (Wildman–Crippen MR) is 105 cm³/mol. The minimum Gasteiger partial charge on any atom is -0.548 e. The van der Waals surface area contributed by atoms with Gasteiger partial charge in [0.05, 0.1) is 12.0 Å². The van der Waals surface area contributed by atoms with Crippen LogP contribution in [-0.4, -0.2) is 29.5 Å². The van der Waals surface area contributed by atoms with E-state index in [2.05, 4.69) is 10.3 Å². The third-order valence-electron chi connectivity index (χ3n) is 4.94. The summed E-state index contributed by atoms with van der Waals surface area (Å²) in [6, 6.07) is 10.4. The zero-order chi connectivity index (χ0) is 20.3. The molecule has 0 bridgehead atoms. The van der Waals surface area contributed by atoms with Crippen LogP contribution in [0.3, 0.4) is 0 Å². The molecule has 0 saturated carbocycles. The molecule has 1 amide bonds. The summed E-state index contributed by atoms with van der Waals surface area (Å²) >= 11 is 0. The Bertz CT molecular complexity index is 1020. The van der Waals surface area contributed by atoms with Crippen LogP contribution >= 0.6 is 0 Å². The molecule has 0 spiro atoms. The Hall–Kier alpha value is -3.28. The number of ether oxygens (including phenoxy) is 1. The van der Waals surface area contributed by atoms with E-state index in [1.165, 1.54) is 0 Å². The minimum absolute atomic E-state index is 0.126. The van der Waals surface area contributed by atoms with Gasteiger partial charge in [0.15, 0.2) is 6.61 Å². The standard InChI is InChI=1S/C22H24N2O4/c1-13-8-9-14(2)21(15(13)3)28-12-20(25)24-19(22(26)27)10-16-11-23-18-7-5-4-6-17(16)18/h4-9,11,19,23H,10,12H2,1-3H3,(H,24,25)(H,26,27)/p-1. The molecule has 1 unspecified atom stereocenters. The molecule has 0 aliphatic rings. The van der Waals surface area contributed by atoms with Crippen molar-refractivity contribution in [3.63, 3.8) is 0 Å². The molecule has 6 heteroatoms. The number of aliphatic carboxylic acids is 1. The number of carboxylic acids is 1. The summed E-state index contributed by atoms with van der Waals surface area (Å²) in [6.07, 6.45) is 1.88. The van der Waals surface area contributed by atoms with E-state index < -0.39 is 17.9 Å². The molecule has 28 heavy (non-hydrogen) atoms. The molecule has 2 N–H and O–H groups in total. The van der Waals surface area contributed by atoms with Crippen LogP contribution in [0.15, 0.2) is 42.6 Å². The number of H-pyrrole nitrogens is 1. The molecule has 6 nitrogen and oxygen atoms in total. The number of carbonyl (C=O) groups is 2. The molecule has 0 saturated heterocycles. The van der Waals surface area contributed by atoms with Crippen molar-refractivity contribution in [2.45, 2.75) is 33.2 Å². The second-order valence-electron chi connectivity index (χ2n) is 6.94. The second kappa shape index (κ2) is 8.17. The van der Waals surface area contributed by atoms with E-state index in [4.69, 9.17) is 4.74 Å². The Kier molecular flexibility index (Phi) is 5.68. The fourth-order valence-electron chi connectivity index (χ4n) is 3.24. The fraction of sp³-hybridized carbons (Fsp3) is 0.273. The number of nitrogens with one attached hydrogen (secondary N) is 2. The minimum atomic E-state index is -1.33. The van der Waals surface area contributed by atoms with Crippen molar-refractivity contribution in [2.75, 3.05) is 6.61 Å². The highest BCUT2D eigenvalue weighted by atomic mass is 16.5. The van der Waals surface area contributed by atoms with Crippen molar-refractivity contribution in [3.8, 4) is 5.75 Å². The van der Waals surface area contributed by atoms with Crippen LogP contribution in [0.25, 0.3) is 10.9 Å². The van der Waals surface area contributed by atoms with Crippen LogP contribution in [-0.2, 0) is 16.0 Å². The summed E-state index contributed by atoms with van der Waals surface area (Å²) in [6.45, 7) is 5.54.